The molecule has 0 radical (unpaired) electrons. The Balaban J connectivity index is 0.00000420. The van der Waals surface area contributed by atoms with Crippen molar-refractivity contribution in [1.82, 2.24) is 25.4 Å². The maximum absolute atomic E-state index is 5.22. The van der Waals surface area contributed by atoms with Gasteiger partial charge < -0.3 is 19.9 Å². The van der Waals surface area contributed by atoms with Gasteiger partial charge in [0.1, 0.15) is 11.6 Å². The number of rotatable bonds is 9. The number of guanidine groups is 1. The average molecular weight is 514 g/mol. The molecule has 0 saturated heterocycles. The number of nitrogens with one attached hydrogen (secondary N) is 2. The van der Waals surface area contributed by atoms with E-state index in [0.29, 0.717) is 25.0 Å². The van der Waals surface area contributed by atoms with Gasteiger partial charge >= 0.3 is 0 Å². The van der Waals surface area contributed by atoms with Crippen molar-refractivity contribution in [2.24, 2.45) is 18.0 Å². The zero-order valence-electron chi connectivity index (χ0n) is 18.4. The summed E-state index contributed by atoms with van der Waals surface area (Å²) in [6, 6.07) is 8.33. The summed E-state index contributed by atoms with van der Waals surface area (Å²) in [6.07, 6.45) is 2.28. The molecule has 29 heavy (non-hydrogen) atoms. The molecule has 0 aliphatic carbocycles. The second-order valence-electron chi connectivity index (χ2n) is 7.61. The van der Waals surface area contributed by atoms with E-state index in [4.69, 9.17) is 9.73 Å². The second-order valence-corrected chi connectivity index (χ2v) is 7.61. The third-order valence-electron chi connectivity index (χ3n) is 4.74. The van der Waals surface area contributed by atoms with Crippen LogP contribution < -0.4 is 15.4 Å². The number of aromatic nitrogens is 3. The number of halogens is 1. The molecule has 0 bridgehead atoms. The summed E-state index contributed by atoms with van der Waals surface area (Å²) < 4.78 is 7.20. The molecule has 2 aromatic rings. The highest BCUT2D eigenvalue weighted by molar-refractivity contribution is 14.0. The number of nitrogens with zero attached hydrogens (tertiary/aromatic N) is 4. The maximum Gasteiger partial charge on any atom is 0.192 e. The molecule has 0 fully saturated rings. The van der Waals surface area contributed by atoms with Crippen LogP contribution in [0.2, 0.25) is 0 Å². The highest BCUT2D eigenvalue weighted by Crippen LogP contribution is 2.12. The molecule has 0 spiro atoms. The minimum Gasteiger partial charge on any atom is -0.497 e. The number of hydrogen-bond acceptors (Lipinski definition) is 4. The fourth-order valence-corrected chi connectivity index (χ4v) is 2.71. The molecule has 0 saturated carbocycles. The fourth-order valence-electron chi connectivity index (χ4n) is 2.71. The molecule has 2 rings (SSSR count). The van der Waals surface area contributed by atoms with Crippen molar-refractivity contribution in [2.45, 2.75) is 59.7 Å². The first-order valence-corrected chi connectivity index (χ1v) is 9.91. The second kappa shape index (κ2) is 12.7. The van der Waals surface area contributed by atoms with Gasteiger partial charge in [0.15, 0.2) is 11.8 Å². The van der Waals surface area contributed by atoms with Gasteiger partial charge in [0.2, 0.25) is 0 Å². The number of hydrogen-bond donors (Lipinski definition) is 2. The number of methoxy groups -OCH3 is 1. The van der Waals surface area contributed by atoms with Gasteiger partial charge in [-0.15, -0.1) is 34.2 Å². The van der Waals surface area contributed by atoms with E-state index in [-0.39, 0.29) is 24.0 Å². The van der Waals surface area contributed by atoms with E-state index in [9.17, 15) is 0 Å². The van der Waals surface area contributed by atoms with Gasteiger partial charge in [-0.25, -0.2) is 4.99 Å². The van der Waals surface area contributed by atoms with E-state index >= 15 is 0 Å². The lowest BCUT2D eigenvalue weighted by Gasteiger charge is -2.19. The Bertz CT molecular complexity index is 757. The first-order valence-electron chi connectivity index (χ1n) is 9.91. The van der Waals surface area contributed by atoms with Crippen molar-refractivity contribution < 1.29 is 4.74 Å². The lowest BCUT2D eigenvalue weighted by molar-refractivity contribution is 0.414. The van der Waals surface area contributed by atoms with Crippen LogP contribution in [0.4, 0.5) is 0 Å². The van der Waals surface area contributed by atoms with Crippen molar-refractivity contribution in [3.8, 4) is 5.75 Å². The quantitative estimate of drug-likeness (QED) is 0.303. The Morgan fingerprint density at radius 2 is 1.83 bits per heavy atom. The normalized spacial score (nSPS) is 12.4. The molecule has 0 amide bonds. The van der Waals surface area contributed by atoms with Gasteiger partial charge in [0.05, 0.1) is 20.2 Å². The molecule has 0 aliphatic rings. The fraction of sp³-hybridized carbons (Fsp3) is 0.571. The molecule has 2 N–H and O–H groups in total. The Kier molecular flexibility index (Phi) is 11.0. The van der Waals surface area contributed by atoms with Gasteiger partial charge in [0, 0.05) is 13.1 Å². The van der Waals surface area contributed by atoms with Crippen LogP contribution in [0.15, 0.2) is 29.3 Å². The summed E-state index contributed by atoms with van der Waals surface area (Å²) in [5, 5.41) is 15.2. The van der Waals surface area contributed by atoms with E-state index in [2.05, 4.69) is 41.6 Å². The van der Waals surface area contributed by atoms with Crippen molar-refractivity contribution in [3.63, 3.8) is 0 Å². The van der Waals surface area contributed by atoms with Crippen molar-refractivity contribution in [2.75, 3.05) is 7.11 Å². The van der Waals surface area contributed by atoms with E-state index < -0.39 is 0 Å². The van der Waals surface area contributed by atoms with Crippen LogP contribution >= 0.6 is 24.0 Å². The van der Waals surface area contributed by atoms with E-state index in [1.807, 2.05) is 42.8 Å². The predicted octanol–water partition coefficient (Wildman–Crippen LogP) is 3.81. The number of ether oxygens (including phenoxy) is 1. The van der Waals surface area contributed by atoms with Crippen molar-refractivity contribution in [1.29, 1.82) is 0 Å². The zero-order valence-corrected chi connectivity index (χ0v) is 20.7. The van der Waals surface area contributed by atoms with Gasteiger partial charge in [-0.1, -0.05) is 26.0 Å². The minimum atomic E-state index is 0. The molecule has 1 unspecified atom stereocenters. The summed E-state index contributed by atoms with van der Waals surface area (Å²) in [5.41, 5.74) is 1.13. The number of benzene rings is 1. The van der Waals surface area contributed by atoms with E-state index in [1.54, 1.807) is 7.11 Å². The molecular weight excluding hydrogens is 479 g/mol. The van der Waals surface area contributed by atoms with Crippen molar-refractivity contribution >= 4 is 29.9 Å². The molecular formula is C21H35IN6O. The highest BCUT2D eigenvalue weighted by atomic mass is 127. The smallest absolute Gasteiger partial charge is 0.192 e. The van der Waals surface area contributed by atoms with Crippen LogP contribution in [0.1, 0.15) is 50.8 Å². The summed E-state index contributed by atoms with van der Waals surface area (Å²) >= 11 is 0. The largest absolute Gasteiger partial charge is 0.497 e. The molecule has 1 heterocycles. The van der Waals surface area contributed by atoms with E-state index in [1.165, 1.54) is 6.42 Å². The van der Waals surface area contributed by atoms with Gasteiger partial charge in [-0.05, 0) is 50.3 Å². The third-order valence-corrected chi connectivity index (χ3v) is 4.74. The monoisotopic (exact) mass is 514 g/mol. The third kappa shape index (κ3) is 8.59. The van der Waals surface area contributed by atoms with Crippen LogP contribution in [0.5, 0.6) is 5.75 Å². The predicted molar refractivity (Wildman–Crippen MR) is 129 cm³/mol. The van der Waals surface area contributed by atoms with Crippen LogP contribution in [0.3, 0.4) is 0 Å². The molecule has 1 atom stereocenters. The molecule has 162 valence electrons. The zero-order chi connectivity index (χ0) is 20.5. The average Bonchev–Trinajstić information content (AvgIpc) is 3.01. The van der Waals surface area contributed by atoms with Gasteiger partial charge in [-0.3, -0.25) is 0 Å². The summed E-state index contributed by atoms with van der Waals surface area (Å²) in [4.78, 5) is 4.76. The summed E-state index contributed by atoms with van der Waals surface area (Å²) in [6.45, 7) is 9.80. The van der Waals surface area contributed by atoms with Crippen LogP contribution in [0, 0.1) is 12.8 Å². The Morgan fingerprint density at radius 1 is 1.14 bits per heavy atom. The first-order chi connectivity index (χ1) is 13.4. The maximum atomic E-state index is 5.22. The van der Waals surface area contributed by atoms with Crippen LogP contribution in [-0.2, 0) is 20.1 Å². The van der Waals surface area contributed by atoms with Crippen molar-refractivity contribution in [3.05, 3.63) is 41.5 Å². The lowest BCUT2D eigenvalue weighted by Crippen LogP contribution is -2.42. The lowest BCUT2D eigenvalue weighted by atomic mass is 10.0. The Labute approximate surface area is 191 Å². The summed E-state index contributed by atoms with van der Waals surface area (Å²) in [7, 11) is 3.64. The Morgan fingerprint density at radius 3 is 2.38 bits per heavy atom. The van der Waals surface area contributed by atoms with Gasteiger partial charge in [-0.2, -0.15) is 0 Å². The first kappa shape index (κ1) is 25.2. The Hall–Kier alpha value is -1.84. The molecule has 0 aliphatic heterocycles. The number of aryl methyl sites for hydroxylation is 1. The molecule has 8 heteroatoms. The minimum absolute atomic E-state index is 0. The summed E-state index contributed by atoms with van der Waals surface area (Å²) in [5.74, 6) is 4.11. The molecule has 7 nitrogen and oxygen atoms in total. The van der Waals surface area contributed by atoms with Crippen LogP contribution in [-0.4, -0.2) is 33.9 Å². The highest BCUT2D eigenvalue weighted by Gasteiger charge is 2.10. The molecule has 1 aromatic heterocycles. The van der Waals surface area contributed by atoms with Crippen LogP contribution in [0.25, 0.3) is 0 Å². The topological polar surface area (TPSA) is 76.4 Å². The standard InChI is InChI=1S/C21H34N6O.HI/c1-15(2)7-8-16(3)24-21(23-14-20-26-25-17(4)27(20)5)22-13-18-9-11-19(28-6)12-10-18;/h9-12,15-16H,7-8,13-14H2,1-6H3,(H2,22,23,24);1H. The number of aliphatic imine (C=N–C) groups is 1. The van der Waals surface area contributed by atoms with E-state index in [0.717, 1.165) is 35.3 Å². The molecule has 1 aromatic carbocycles. The van der Waals surface area contributed by atoms with Gasteiger partial charge in [0.25, 0.3) is 0 Å². The SMILES string of the molecule is COc1ccc(CN=C(NCc2nnc(C)n2C)NC(C)CCC(C)C)cc1.I.